The van der Waals surface area contributed by atoms with E-state index in [0.29, 0.717) is 5.49 Å². The molecule has 4 heteroatoms. The summed E-state index contributed by atoms with van der Waals surface area (Å²) in [6.07, 6.45) is 1.97. The molecule has 1 aliphatic carbocycles. The van der Waals surface area contributed by atoms with Gasteiger partial charge >= 0.3 is 0 Å². The fraction of sp³-hybridized carbons (Fsp3) is 0.0164. The van der Waals surface area contributed by atoms with Gasteiger partial charge in [0.1, 0.15) is 5.49 Å². The largest absolute Gasteiger partial charge is 0.345 e. The highest BCUT2D eigenvalue weighted by Crippen LogP contribution is 2.63. The van der Waals surface area contributed by atoms with Crippen molar-refractivity contribution in [2.75, 3.05) is 4.90 Å². The number of benzene rings is 9. The third-order valence-corrected chi connectivity index (χ3v) is 13.2. The van der Waals surface area contributed by atoms with Crippen molar-refractivity contribution < 1.29 is 0 Å². The summed E-state index contributed by atoms with van der Waals surface area (Å²) in [4.78, 5) is 10.7. The number of amidine groups is 1. The van der Waals surface area contributed by atoms with E-state index in [4.69, 9.17) is 4.99 Å². The summed E-state index contributed by atoms with van der Waals surface area (Å²) in [5, 5.41) is 9.20. The number of nitrogens with zero attached hydrogens (tertiary/aromatic N) is 2. The van der Waals surface area contributed by atoms with Crippen LogP contribution in [-0.4, -0.2) is 10.8 Å². The lowest BCUT2D eigenvalue weighted by atomic mass is 9.64. The van der Waals surface area contributed by atoms with Crippen molar-refractivity contribution in [2.45, 2.75) is 5.41 Å². The van der Waals surface area contributed by atoms with E-state index in [-0.39, 0.29) is 5.84 Å². The maximum Gasteiger partial charge on any atom is 0.154 e. The zero-order valence-corrected chi connectivity index (χ0v) is 35.5. The predicted octanol–water partition coefficient (Wildman–Crippen LogP) is 14.8. The second kappa shape index (κ2) is 15.6. The first kappa shape index (κ1) is 38.1. The SMILES string of the molecule is N=C(/N=c1\[nH]cc(-c2ccccc2)cc1-c1ccccc1)c1cccc(-c2ccc(-c3ccc4c(c3)C3(c5ccccc5-4)c4ccccc4N(c4ccccc4)c4ccccc43)cc2)c1. The van der Waals surface area contributed by atoms with Gasteiger partial charge in [-0.05, 0) is 115 Å². The average molecular weight is 831 g/mol. The summed E-state index contributed by atoms with van der Waals surface area (Å²) >= 11 is 0. The second-order valence-corrected chi connectivity index (χ2v) is 16.8. The van der Waals surface area contributed by atoms with Crippen LogP contribution in [0, 0.1) is 5.41 Å². The number of hydrogen-bond acceptors (Lipinski definition) is 2. The Labute approximate surface area is 378 Å². The van der Waals surface area contributed by atoms with Gasteiger partial charge in [-0.2, -0.15) is 0 Å². The molecule has 0 saturated heterocycles. The molecule has 1 spiro atoms. The first-order valence-corrected chi connectivity index (χ1v) is 22.1. The molecule has 0 amide bonds. The van der Waals surface area contributed by atoms with E-state index in [9.17, 15) is 5.41 Å². The number of aromatic amines is 1. The maximum atomic E-state index is 9.20. The average Bonchev–Trinajstić information content (AvgIpc) is 3.67. The molecule has 0 atom stereocenters. The first-order chi connectivity index (χ1) is 32.1. The van der Waals surface area contributed by atoms with Gasteiger partial charge in [0, 0.05) is 23.0 Å². The standard InChI is InChI=1S/C61H42N4/c62-59(64-60-52(44-19-6-2-7-20-44)38-48(40-63-60)41-17-4-1-5-18-41)47-22-16-21-45(37-47)42-31-33-43(34-32-42)46-35-36-51-50-25-10-11-26-53(50)61(56(51)39-46)54-27-12-14-29-57(54)65(49-23-8-3-9-24-49)58-30-15-13-28-55(58)61/h1-40H,(H2,62,63,64). The van der Waals surface area contributed by atoms with Crippen LogP contribution in [-0.2, 0) is 5.41 Å². The van der Waals surface area contributed by atoms with Crippen LogP contribution in [0.1, 0.15) is 27.8 Å². The van der Waals surface area contributed by atoms with Gasteiger partial charge in [0.15, 0.2) is 5.84 Å². The smallest absolute Gasteiger partial charge is 0.154 e. The lowest BCUT2D eigenvalue weighted by Crippen LogP contribution is -2.36. The molecule has 0 bridgehead atoms. The summed E-state index contributed by atoms with van der Waals surface area (Å²) in [6, 6.07) is 84.3. The predicted molar refractivity (Wildman–Crippen MR) is 267 cm³/mol. The molecule has 0 saturated carbocycles. The van der Waals surface area contributed by atoms with Crippen LogP contribution >= 0.6 is 0 Å². The molecule has 2 aliphatic rings. The molecule has 0 radical (unpaired) electrons. The normalized spacial score (nSPS) is 13.2. The van der Waals surface area contributed by atoms with Crippen LogP contribution in [0.4, 0.5) is 17.1 Å². The maximum absolute atomic E-state index is 9.20. The van der Waals surface area contributed by atoms with Crippen molar-refractivity contribution in [3.05, 3.63) is 276 Å². The summed E-state index contributed by atoms with van der Waals surface area (Å²) in [5.74, 6) is 0.190. The van der Waals surface area contributed by atoms with Crippen LogP contribution in [0.15, 0.2) is 248 Å². The van der Waals surface area contributed by atoms with E-state index in [1.807, 2.05) is 54.7 Å². The number of para-hydroxylation sites is 3. The van der Waals surface area contributed by atoms with Crippen LogP contribution in [0.25, 0.3) is 55.6 Å². The number of hydrogen-bond donors (Lipinski definition) is 2. The molecular formula is C61H42N4. The fourth-order valence-electron chi connectivity index (χ4n) is 10.2. The topological polar surface area (TPSA) is 55.2 Å². The molecule has 4 nitrogen and oxygen atoms in total. The van der Waals surface area contributed by atoms with Crippen molar-refractivity contribution in [1.29, 1.82) is 5.41 Å². The van der Waals surface area contributed by atoms with Gasteiger partial charge in [-0.1, -0.05) is 194 Å². The number of aromatic nitrogens is 1. The molecule has 12 rings (SSSR count). The van der Waals surface area contributed by atoms with Crippen LogP contribution in [0.5, 0.6) is 0 Å². The molecule has 306 valence electrons. The van der Waals surface area contributed by atoms with Gasteiger partial charge in [-0.15, -0.1) is 0 Å². The van der Waals surface area contributed by atoms with Crippen LogP contribution < -0.4 is 10.4 Å². The van der Waals surface area contributed by atoms with Gasteiger partial charge in [-0.25, -0.2) is 4.99 Å². The Morgan fingerprint density at radius 2 is 0.892 bits per heavy atom. The number of anilines is 3. The summed E-state index contributed by atoms with van der Waals surface area (Å²) in [7, 11) is 0. The van der Waals surface area contributed by atoms with Gasteiger partial charge in [0.05, 0.1) is 16.8 Å². The first-order valence-electron chi connectivity index (χ1n) is 22.1. The Balaban J connectivity index is 0.911. The number of rotatable bonds is 6. The molecule has 1 aliphatic heterocycles. The Morgan fingerprint density at radius 3 is 1.57 bits per heavy atom. The fourth-order valence-corrected chi connectivity index (χ4v) is 10.2. The highest BCUT2D eigenvalue weighted by atomic mass is 15.2. The van der Waals surface area contributed by atoms with Crippen molar-refractivity contribution in [3.63, 3.8) is 0 Å². The number of pyridine rings is 1. The van der Waals surface area contributed by atoms with E-state index < -0.39 is 5.41 Å². The molecule has 9 aromatic carbocycles. The number of nitrogens with one attached hydrogen (secondary N) is 2. The van der Waals surface area contributed by atoms with Crippen molar-refractivity contribution in [3.8, 4) is 55.6 Å². The van der Waals surface area contributed by atoms with Crippen molar-refractivity contribution >= 4 is 22.9 Å². The molecule has 2 N–H and O–H groups in total. The highest BCUT2D eigenvalue weighted by molar-refractivity contribution is 5.99. The van der Waals surface area contributed by atoms with E-state index in [2.05, 4.69) is 198 Å². The molecule has 0 unspecified atom stereocenters. The number of fused-ring (bicyclic) bond motifs is 9. The van der Waals surface area contributed by atoms with Crippen molar-refractivity contribution in [1.82, 2.24) is 4.98 Å². The molecule has 1 aromatic heterocycles. The minimum Gasteiger partial charge on any atom is -0.345 e. The van der Waals surface area contributed by atoms with E-state index >= 15 is 0 Å². The molecule has 65 heavy (non-hydrogen) atoms. The number of H-pyrrole nitrogens is 1. The Bertz CT molecular complexity index is 3450. The summed E-state index contributed by atoms with van der Waals surface area (Å²) < 4.78 is 0. The minimum absolute atomic E-state index is 0.190. The van der Waals surface area contributed by atoms with Gasteiger partial charge in [0.2, 0.25) is 0 Å². The zero-order valence-electron chi connectivity index (χ0n) is 35.5. The molecular weight excluding hydrogens is 789 g/mol. The molecule has 2 heterocycles. The van der Waals surface area contributed by atoms with Gasteiger partial charge < -0.3 is 9.88 Å². The lowest BCUT2D eigenvalue weighted by molar-refractivity contribution is 0.753. The third kappa shape index (κ3) is 6.30. The minimum atomic E-state index is -0.514. The highest BCUT2D eigenvalue weighted by Gasteiger charge is 2.51. The Hall–Kier alpha value is -8.60. The van der Waals surface area contributed by atoms with E-state index in [1.165, 1.54) is 50.3 Å². The van der Waals surface area contributed by atoms with Crippen LogP contribution in [0.2, 0.25) is 0 Å². The van der Waals surface area contributed by atoms with Gasteiger partial charge in [0.25, 0.3) is 0 Å². The monoisotopic (exact) mass is 830 g/mol. The lowest BCUT2D eigenvalue weighted by Gasteiger charge is -2.45. The quantitative estimate of drug-likeness (QED) is 0.127. The Kier molecular flexibility index (Phi) is 9.17. The zero-order chi connectivity index (χ0) is 43.3. The molecule has 0 fully saturated rings. The summed E-state index contributed by atoms with van der Waals surface area (Å²) in [5.41, 5.74) is 20.7. The molecule has 10 aromatic rings. The van der Waals surface area contributed by atoms with E-state index in [1.54, 1.807) is 0 Å². The summed E-state index contributed by atoms with van der Waals surface area (Å²) in [6.45, 7) is 0. The van der Waals surface area contributed by atoms with Crippen LogP contribution in [0.3, 0.4) is 0 Å². The third-order valence-electron chi connectivity index (χ3n) is 13.2. The van der Waals surface area contributed by atoms with Crippen molar-refractivity contribution in [2.24, 2.45) is 4.99 Å². The Morgan fingerprint density at radius 1 is 0.385 bits per heavy atom. The van der Waals surface area contributed by atoms with E-state index in [0.717, 1.165) is 50.2 Å². The second-order valence-electron chi connectivity index (χ2n) is 16.8. The van der Waals surface area contributed by atoms with Gasteiger partial charge in [-0.3, -0.25) is 5.41 Å².